The Labute approximate surface area is 127 Å². The predicted octanol–water partition coefficient (Wildman–Crippen LogP) is 3.92. The van der Waals surface area contributed by atoms with E-state index in [1.165, 1.54) is 12.9 Å². The summed E-state index contributed by atoms with van der Waals surface area (Å²) in [4.78, 5) is 11.8. The van der Waals surface area contributed by atoms with Crippen LogP contribution in [-0.2, 0) is 4.74 Å². The van der Waals surface area contributed by atoms with Crippen LogP contribution in [0.2, 0.25) is 0 Å². The largest absolute Gasteiger partial charge is 0.465 e. The van der Waals surface area contributed by atoms with Gasteiger partial charge in [-0.1, -0.05) is 15.9 Å². The first-order chi connectivity index (χ1) is 8.61. The number of rotatable bonds is 3. The van der Waals surface area contributed by atoms with Crippen molar-refractivity contribution >= 4 is 55.3 Å². The zero-order chi connectivity index (χ0) is 13.1. The Kier molecular flexibility index (Phi) is 4.98. The molecular weight excluding hydrogens is 382 g/mol. The van der Waals surface area contributed by atoms with Crippen molar-refractivity contribution in [3.63, 3.8) is 0 Å². The van der Waals surface area contributed by atoms with E-state index >= 15 is 0 Å². The average molecular weight is 395 g/mol. The summed E-state index contributed by atoms with van der Waals surface area (Å²) in [6, 6.07) is 4.12. The third-order valence-corrected chi connectivity index (χ3v) is 4.98. The normalized spacial score (nSPS) is 18.7. The van der Waals surface area contributed by atoms with Crippen molar-refractivity contribution in [1.29, 1.82) is 0 Å². The van der Waals surface area contributed by atoms with E-state index in [-0.39, 0.29) is 5.97 Å². The van der Waals surface area contributed by atoms with Crippen LogP contribution in [0.3, 0.4) is 0 Å². The molecule has 6 heteroatoms. The summed E-state index contributed by atoms with van der Waals surface area (Å²) >= 11 is 8.81. The Morgan fingerprint density at radius 2 is 2.28 bits per heavy atom. The second-order valence-corrected chi connectivity index (χ2v) is 6.93. The third-order valence-electron chi connectivity index (χ3n) is 2.74. The lowest BCUT2D eigenvalue weighted by Gasteiger charge is -2.17. The maximum Gasteiger partial charge on any atom is 0.340 e. The summed E-state index contributed by atoms with van der Waals surface area (Å²) in [5.74, 6) is 1.91. The molecule has 1 N–H and O–H groups in total. The summed E-state index contributed by atoms with van der Waals surface area (Å²) in [6.45, 7) is 0. The zero-order valence-electron chi connectivity index (χ0n) is 9.83. The van der Waals surface area contributed by atoms with Crippen LogP contribution in [0.4, 0.5) is 5.69 Å². The second kappa shape index (κ2) is 6.30. The zero-order valence-corrected chi connectivity index (χ0v) is 13.8. The number of ether oxygens (including phenoxy) is 1. The van der Waals surface area contributed by atoms with Crippen LogP contribution in [0.5, 0.6) is 0 Å². The van der Waals surface area contributed by atoms with Gasteiger partial charge < -0.3 is 10.1 Å². The Balaban J connectivity index is 2.33. The fourth-order valence-corrected chi connectivity index (χ4v) is 4.34. The van der Waals surface area contributed by atoms with Gasteiger partial charge in [-0.15, -0.1) is 0 Å². The molecule has 3 nitrogen and oxygen atoms in total. The van der Waals surface area contributed by atoms with Gasteiger partial charge in [0.25, 0.3) is 0 Å². The van der Waals surface area contributed by atoms with Crippen LogP contribution in [0, 0.1) is 0 Å². The molecular formula is C12H13Br2NO2S. The Morgan fingerprint density at radius 1 is 1.50 bits per heavy atom. The fourth-order valence-electron chi connectivity index (χ4n) is 1.84. The van der Waals surface area contributed by atoms with Crippen LogP contribution in [0.15, 0.2) is 21.1 Å². The summed E-state index contributed by atoms with van der Waals surface area (Å²) < 4.78 is 6.54. The molecule has 1 atom stereocenters. The van der Waals surface area contributed by atoms with Crippen molar-refractivity contribution < 1.29 is 9.53 Å². The molecule has 1 saturated heterocycles. The highest BCUT2D eigenvalue weighted by Gasteiger charge is 2.21. The van der Waals surface area contributed by atoms with Crippen LogP contribution >= 0.6 is 43.6 Å². The Bertz CT molecular complexity index is 462. The number of carbonyl (C=O) groups is 1. The van der Waals surface area contributed by atoms with Crippen LogP contribution < -0.4 is 5.32 Å². The molecule has 2 rings (SSSR count). The number of thioether (sulfide) groups is 1. The molecule has 98 valence electrons. The Morgan fingerprint density at radius 3 is 2.89 bits per heavy atom. The molecule has 1 aromatic carbocycles. The van der Waals surface area contributed by atoms with Crippen LogP contribution in [0.25, 0.3) is 0 Å². The van der Waals surface area contributed by atoms with Crippen molar-refractivity contribution in [3.05, 3.63) is 26.6 Å². The molecule has 0 saturated carbocycles. The van der Waals surface area contributed by atoms with Gasteiger partial charge >= 0.3 is 5.97 Å². The van der Waals surface area contributed by atoms with E-state index in [4.69, 9.17) is 4.74 Å². The van der Waals surface area contributed by atoms with Crippen molar-refractivity contribution in [2.75, 3.05) is 23.9 Å². The minimum Gasteiger partial charge on any atom is -0.465 e. The topological polar surface area (TPSA) is 38.3 Å². The number of esters is 1. The highest BCUT2D eigenvalue weighted by molar-refractivity contribution is 9.11. The number of anilines is 1. The number of hydrogen-bond acceptors (Lipinski definition) is 4. The molecule has 1 aliphatic rings. The van der Waals surface area contributed by atoms with Gasteiger partial charge in [-0.05, 0) is 40.2 Å². The molecule has 0 aromatic heterocycles. The van der Waals surface area contributed by atoms with E-state index in [1.807, 2.05) is 17.8 Å². The molecule has 18 heavy (non-hydrogen) atoms. The van der Waals surface area contributed by atoms with Crippen molar-refractivity contribution in [1.82, 2.24) is 0 Å². The number of methoxy groups -OCH3 is 1. The monoisotopic (exact) mass is 393 g/mol. The number of benzene rings is 1. The number of halogens is 2. The van der Waals surface area contributed by atoms with Gasteiger partial charge in [0.15, 0.2) is 0 Å². The van der Waals surface area contributed by atoms with E-state index in [9.17, 15) is 4.79 Å². The summed E-state index contributed by atoms with van der Waals surface area (Å²) in [6.07, 6.45) is 1.12. The van der Waals surface area contributed by atoms with Gasteiger partial charge in [-0.2, -0.15) is 11.8 Å². The van der Waals surface area contributed by atoms with Crippen molar-refractivity contribution in [2.45, 2.75) is 12.5 Å². The summed E-state index contributed by atoms with van der Waals surface area (Å²) in [5.41, 5.74) is 1.37. The predicted molar refractivity (Wildman–Crippen MR) is 82.5 cm³/mol. The van der Waals surface area contributed by atoms with Gasteiger partial charge in [-0.3, -0.25) is 0 Å². The molecule has 0 amide bonds. The molecule has 0 bridgehead atoms. The molecule has 1 unspecified atom stereocenters. The molecule has 0 spiro atoms. The average Bonchev–Trinajstić information content (AvgIpc) is 2.84. The van der Waals surface area contributed by atoms with E-state index in [0.717, 1.165) is 26.8 Å². The number of hydrogen-bond donors (Lipinski definition) is 1. The Hall–Kier alpha value is -0.200. The fraction of sp³-hybridized carbons (Fsp3) is 0.417. The molecule has 0 aliphatic carbocycles. The molecule has 1 fully saturated rings. The lowest BCUT2D eigenvalue weighted by molar-refractivity contribution is 0.0601. The molecule has 1 aromatic rings. The highest BCUT2D eigenvalue weighted by Crippen LogP contribution is 2.33. The van der Waals surface area contributed by atoms with Crippen LogP contribution in [-0.4, -0.2) is 30.6 Å². The minimum atomic E-state index is -0.329. The molecule has 1 aliphatic heterocycles. The van der Waals surface area contributed by atoms with Crippen molar-refractivity contribution in [3.8, 4) is 0 Å². The van der Waals surface area contributed by atoms with Crippen molar-refractivity contribution in [2.24, 2.45) is 0 Å². The van der Waals surface area contributed by atoms with E-state index in [1.54, 1.807) is 6.07 Å². The third kappa shape index (κ3) is 3.22. The van der Waals surface area contributed by atoms with Gasteiger partial charge in [0.05, 0.1) is 18.4 Å². The number of nitrogens with one attached hydrogen (secondary N) is 1. The smallest absolute Gasteiger partial charge is 0.340 e. The second-order valence-electron chi connectivity index (χ2n) is 4.01. The maximum atomic E-state index is 11.8. The van der Waals surface area contributed by atoms with E-state index in [2.05, 4.69) is 37.2 Å². The molecule has 1 heterocycles. The van der Waals surface area contributed by atoms with Gasteiger partial charge in [0.1, 0.15) is 0 Å². The van der Waals surface area contributed by atoms with Gasteiger partial charge in [0, 0.05) is 20.7 Å². The standard InChI is InChI=1S/C12H13Br2NO2S/c1-17-12(16)9-4-7(13)5-10(14)11(9)15-8-2-3-18-6-8/h4-5,8,15H,2-3,6H2,1H3. The SMILES string of the molecule is COC(=O)c1cc(Br)cc(Br)c1NC1CCSC1. The lowest BCUT2D eigenvalue weighted by atomic mass is 10.1. The first-order valence-corrected chi connectivity index (χ1v) is 8.27. The quantitative estimate of drug-likeness (QED) is 0.788. The first-order valence-electron chi connectivity index (χ1n) is 5.53. The van der Waals surface area contributed by atoms with Gasteiger partial charge in [-0.25, -0.2) is 4.79 Å². The van der Waals surface area contributed by atoms with E-state index in [0.29, 0.717) is 11.6 Å². The highest BCUT2D eigenvalue weighted by atomic mass is 79.9. The van der Waals surface area contributed by atoms with Gasteiger partial charge in [0.2, 0.25) is 0 Å². The van der Waals surface area contributed by atoms with E-state index < -0.39 is 0 Å². The summed E-state index contributed by atoms with van der Waals surface area (Å²) in [7, 11) is 1.40. The van der Waals surface area contributed by atoms with Crippen LogP contribution in [0.1, 0.15) is 16.8 Å². The molecule has 0 radical (unpaired) electrons. The number of carbonyl (C=O) groups excluding carboxylic acids is 1. The summed E-state index contributed by atoms with van der Waals surface area (Å²) in [5, 5.41) is 3.43. The minimum absolute atomic E-state index is 0.329. The first kappa shape index (κ1) is 14.2. The maximum absolute atomic E-state index is 11.8. The lowest BCUT2D eigenvalue weighted by Crippen LogP contribution is -2.20.